The fourth-order valence-corrected chi connectivity index (χ4v) is 2.95. The fraction of sp³-hybridized carbons (Fsp3) is 0.500. The minimum absolute atomic E-state index is 0.000191. The van der Waals surface area contributed by atoms with Crippen molar-refractivity contribution in [3.8, 4) is 0 Å². The first-order chi connectivity index (χ1) is 12.3. The van der Waals surface area contributed by atoms with E-state index in [1.54, 1.807) is 24.9 Å². The third kappa shape index (κ3) is 5.29. The second-order valence-electron chi connectivity index (χ2n) is 6.13. The predicted molar refractivity (Wildman–Crippen MR) is 93.0 cm³/mol. The number of carbonyl (C=O) groups excluding carboxylic acids is 1. The van der Waals surface area contributed by atoms with Gasteiger partial charge in [-0.25, -0.2) is 4.98 Å². The van der Waals surface area contributed by atoms with Crippen LogP contribution in [-0.2, 0) is 16.1 Å². The summed E-state index contributed by atoms with van der Waals surface area (Å²) >= 11 is 0. The molecule has 0 saturated carbocycles. The van der Waals surface area contributed by atoms with Crippen molar-refractivity contribution in [3.05, 3.63) is 42.7 Å². The second kappa shape index (κ2) is 9.17. The predicted octanol–water partition coefficient (Wildman–Crippen LogP) is 2.01. The van der Waals surface area contributed by atoms with Crippen molar-refractivity contribution in [3.63, 3.8) is 0 Å². The number of anilines is 1. The number of hydrogen-bond acceptors (Lipinski definition) is 6. The van der Waals surface area contributed by atoms with Crippen molar-refractivity contribution in [1.29, 1.82) is 0 Å². The van der Waals surface area contributed by atoms with E-state index in [1.807, 2.05) is 12.1 Å². The van der Waals surface area contributed by atoms with Gasteiger partial charge in [0.25, 0.3) is 0 Å². The molecule has 7 nitrogen and oxygen atoms in total. The molecule has 1 fully saturated rings. The number of rotatable bonds is 8. The Kier molecular flexibility index (Phi) is 6.39. The maximum absolute atomic E-state index is 12.4. The molecule has 1 atom stereocenters. The molecular weight excluding hydrogens is 320 g/mol. The van der Waals surface area contributed by atoms with Gasteiger partial charge in [-0.1, -0.05) is 0 Å². The Bertz CT molecular complexity index is 633. The molecule has 0 bridgehead atoms. The number of furan rings is 1. The van der Waals surface area contributed by atoms with Crippen molar-refractivity contribution >= 4 is 11.7 Å². The molecule has 134 valence electrons. The number of piperidine rings is 1. The summed E-state index contributed by atoms with van der Waals surface area (Å²) in [5.74, 6) is 1.76. The monoisotopic (exact) mass is 344 g/mol. The van der Waals surface area contributed by atoms with Gasteiger partial charge in [0.1, 0.15) is 18.2 Å². The summed E-state index contributed by atoms with van der Waals surface area (Å²) in [5, 5.41) is 3.01. The highest BCUT2D eigenvalue weighted by Gasteiger charge is 2.26. The number of nitrogens with one attached hydrogen (secondary N) is 1. The van der Waals surface area contributed by atoms with Gasteiger partial charge in [-0.2, -0.15) is 0 Å². The third-order valence-corrected chi connectivity index (χ3v) is 4.25. The lowest BCUT2D eigenvalue weighted by molar-refractivity contribution is -0.125. The molecule has 25 heavy (non-hydrogen) atoms. The standard InChI is InChI=1S/C18H24N4O3/c23-18(21-6-3-10-24-14-16-5-2-11-25-16)15-4-1-9-22(13-15)17-12-19-7-8-20-17/h2,5,7-8,11-12,15H,1,3-4,6,9-10,13-14H2,(H,21,23). The lowest BCUT2D eigenvalue weighted by Crippen LogP contribution is -2.43. The molecule has 1 N–H and O–H groups in total. The minimum atomic E-state index is -0.000191. The zero-order valence-corrected chi connectivity index (χ0v) is 14.3. The van der Waals surface area contributed by atoms with Crippen molar-refractivity contribution in [2.24, 2.45) is 5.92 Å². The molecule has 1 amide bonds. The lowest BCUT2D eigenvalue weighted by atomic mass is 9.97. The first-order valence-electron chi connectivity index (χ1n) is 8.72. The average molecular weight is 344 g/mol. The van der Waals surface area contributed by atoms with Crippen LogP contribution in [0.15, 0.2) is 41.4 Å². The summed E-state index contributed by atoms with van der Waals surface area (Å²) in [6.07, 6.45) is 9.41. The summed E-state index contributed by atoms with van der Waals surface area (Å²) in [5.41, 5.74) is 0. The molecule has 1 unspecified atom stereocenters. The SMILES string of the molecule is O=C(NCCCOCc1ccco1)C1CCCN(c2cnccn2)C1. The zero-order chi connectivity index (χ0) is 17.3. The Morgan fingerprint density at radius 1 is 1.44 bits per heavy atom. The lowest BCUT2D eigenvalue weighted by Gasteiger charge is -2.32. The molecule has 7 heteroatoms. The molecule has 3 rings (SSSR count). The summed E-state index contributed by atoms with van der Waals surface area (Å²) < 4.78 is 10.7. The van der Waals surface area contributed by atoms with Gasteiger partial charge in [-0.3, -0.25) is 9.78 Å². The normalized spacial score (nSPS) is 17.4. The highest BCUT2D eigenvalue weighted by molar-refractivity contribution is 5.79. The Balaban J connectivity index is 1.33. The van der Waals surface area contributed by atoms with Gasteiger partial charge in [0.05, 0.1) is 18.4 Å². The van der Waals surface area contributed by atoms with Crippen molar-refractivity contribution in [2.45, 2.75) is 25.9 Å². The van der Waals surface area contributed by atoms with E-state index in [0.717, 1.165) is 37.4 Å². The van der Waals surface area contributed by atoms with E-state index in [9.17, 15) is 4.79 Å². The number of nitrogens with zero attached hydrogens (tertiary/aromatic N) is 3. The van der Waals surface area contributed by atoms with Gasteiger partial charge in [-0.05, 0) is 31.4 Å². The zero-order valence-electron chi connectivity index (χ0n) is 14.3. The first kappa shape index (κ1) is 17.4. The van der Waals surface area contributed by atoms with Gasteiger partial charge < -0.3 is 19.4 Å². The van der Waals surface area contributed by atoms with Gasteiger partial charge in [0.2, 0.25) is 5.91 Å². The molecule has 0 spiro atoms. The molecule has 2 aromatic rings. The van der Waals surface area contributed by atoms with Crippen LogP contribution in [0.1, 0.15) is 25.0 Å². The van der Waals surface area contributed by atoms with Crippen LogP contribution < -0.4 is 10.2 Å². The quantitative estimate of drug-likeness (QED) is 0.738. The topological polar surface area (TPSA) is 80.5 Å². The van der Waals surface area contributed by atoms with E-state index in [-0.39, 0.29) is 11.8 Å². The fourth-order valence-electron chi connectivity index (χ4n) is 2.95. The van der Waals surface area contributed by atoms with Crippen molar-refractivity contribution < 1.29 is 13.9 Å². The molecule has 1 aliphatic rings. The van der Waals surface area contributed by atoms with Crippen LogP contribution in [0.25, 0.3) is 0 Å². The minimum Gasteiger partial charge on any atom is -0.467 e. The van der Waals surface area contributed by atoms with Crippen LogP contribution in [0.2, 0.25) is 0 Å². The molecule has 0 radical (unpaired) electrons. The average Bonchev–Trinajstić information content (AvgIpc) is 3.19. The number of ether oxygens (including phenoxy) is 1. The van der Waals surface area contributed by atoms with Gasteiger partial charge in [0, 0.05) is 38.6 Å². The molecular formula is C18H24N4O3. The van der Waals surface area contributed by atoms with E-state index < -0.39 is 0 Å². The third-order valence-electron chi connectivity index (χ3n) is 4.25. The van der Waals surface area contributed by atoms with Crippen LogP contribution in [0.3, 0.4) is 0 Å². The summed E-state index contributed by atoms with van der Waals surface area (Å²) in [6.45, 7) is 3.30. The smallest absolute Gasteiger partial charge is 0.224 e. The number of hydrogen-bond donors (Lipinski definition) is 1. The van der Waals surface area contributed by atoms with Crippen LogP contribution in [0, 0.1) is 5.92 Å². The maximum Gasteiger partial charge on any atom is 0.224 e. The summed E-state index contributed by atoms with van der Waals surface area (Å²) in [7, 11) is 0. The number of amides is 1. The summed E-state index contributed by atoms with van der Waals surface area (Å²) in [4.78, 5) is 22.9. The Morgan fingerprint density at radius 3 is 3.20 bits per heavy atom. The molecule has 3 heterocycles. The van der Waals surface area contributed by atoms with Crippen LogP contribution >= 0.6 is 0 Å². The molecule has 0 aromatic carbocycles. The Labute approximate surface area is 147 Å². The van der Waals surface area contributed by atoms with E-state index in [1.165, 1.54) is 0 Å². The van der Waals surface area contributed by atoms with Crippen LogP contribution in [0.4, 0.5) is 5.82 Å². The second-order valence-corrected chi connectivity index (χ2v) is 6.13. The Morgan fingerprint density at radius 2 is 2.40 bits per heavy atom. The first-order valence-corrected chi connectivity index (χ1v) is 8.72. The number of carbonyl (C=O) groups is 1. The summed E-state index contributed by atoms with van der Waals surface area (Å²) in [6, 6.07) is 3.72. The van der Waals surface area contributed by atoms with E-state index >= 15 is 0 Å². The van der Waals surface area contributed by atoms with Crippen LogP contribution in [-0.4, -0.2) is 42.1 Å². The molecule has 2 aromatic heterocycles. The maximum atomic E-state index is 12.4. The highest BCUT2D eigenvalue weighted by atomic mass is 16.5. The Hall–Kier alpha value is -2.41. The van der Waals surface area contributed by atoms with Crippen molar-refractivity contribution in [1.82, 2.24) is 15.3 Å². The molecule has 0 aliphatic carbocycles. The number of aromatic nitrogens is 2. The van der Waals surface area contributed by atoms with E-state index in [2.05, 4.69) is 20.2 Å². The molecule has 1 aliphatic heterocycles. The van der Waals surface area contributed by atoms with E-state index in [0.29, 0.717) is 26.3 Å². The van der Waals surface area contributed by atoms with Gasteiger partial charge >= 0.3 is 0 Å². The largest absolute Gasteiger partial charge is 0.467 e. The highest BCUT2D eigenvalue weighted by Crippen LogP contribution is 2.20. The van der Waals surface area contributed by atoms with Crippen LogP contribution in [0.5, 0.6) is 0 Å². The van der Waals surface area contributed by atoms with Gasteiger partial charge in [-0.15, -0.1) is 0 Å². The molecule has 1 saturated heterocycles. The van der Waals surface area contributed by atoms with Crippen molar-refractivity contribution in [2.75, 3.05) is 31.1 Å². The van der Waals surface area contributed by atoms with Gasteiger partial charge in [0.15, 0.2) is 0 Å². The van der Waals surface area contributed by atoms with E-state index in [4.69, 9.17) is 9.15 Å².